The molecule has 4 saturated carbocycles. The van der Waals surface area contributed by atoms with Crippen molar-refractivity contribution in [1.29, 1.82) is 0 Å². The van der Waals surface area contributed by atoms with Gasteiger partial charge in [-0.2, -0.15) is 0 Å². The van der Waals surface area contributed by atoms with Gasteiger partial charge < -0.3 is 14.2 Å². The Kier molecular flexibility index (Phi) is 5.31. The molecule has 2 spiro atoms. The molecule has 0 N–H and O–H groups in total. The smallest absolute Gasteiger partial charge is 0.315 e. The number of ether oxygens (including phenoxy) is 3. The first-order valence-electron chi connectivity index (χ1n) is 14.7. The van der Waals surface area contributed by atoms with Gasteiger partial charge >= 0.3 is 11.9 Å². The second kappa shape index (κ2) is 7.61. The molecule has 0 aromatic rings. The van der Waals surface area contributed by atoms with Crippen molar-refractivity contribution >= 4 is 17.7 Å². The number of hydrogen-bond donors (Lipinski definition) is 0. The van der Waals surface area contributed by atoms with E-state index in [-0.39, 0.29) is 57.1 Å². The fraction of sp³-hybridized carbons (Fsp3) is 0.903. The van der Waals surface area contributed by atoms with Crippen molar-refractivity contribution in [3.63, 3.8) is 0 Å². The third kappa shape index (κ3) is 3.11. The summed E-state index contributed by atoms with van der Waals surface area (Å²) in [5.41, 5.74) is -1.79. The first-order chi connectivity index (χ1) is 17.2. The maximum absolute atomic E-state index is 14.3. The first kappa shape index (κ1) is 25.8. The molecule has 6 fully saturated rings. The molecule has 2 unspecified atom stereocenters. The molecule has 0 aromatic carbocycles. The van der Waals surface area contributed by atoms with Gasteiger partial charge in [0.25, 0.3) is 0 Å². The maximum atomic E-state index is 14.3. The predicted octanol–water partition coefficient (Wildman–Crippen LogP) is 5.85. The van der Waals surface area contributed by atoms with Crippen LogP contribution in [0.15, 0.2) is 0 Å². The first-order valence-corrected chi connectivity index (χ1v) is 14.7. The molecule has 2 saturated heterocycles. The van der Waals surface area contributed by atoms with Crippen LogP contribution in [0.3, 0.4) is 0 Å². The normalized spacial score (nSPS) is 51.5. The van der Waals surface area contributed by atoms with E-state index in [1.54, 1.807) is 0 Å². The highest BCUT2D eigenvalue weighted by atomic mass is 16.7. The zero-order chi connectivity index (χ0) is 26.8. The molecule has 0 aromatic heterocycles. The summed E-state index contributed by atoms with van der Waals surface area (Å²) in [6.07, 6.45) is 8.22. The van der Waals surface area contributed by atoms with Crippen LogP contribution < -0.4 is 0 Å². The van der Waals surface area contributed by atoms with E-state index >= 15 is 0 Å². The zero-order valence-corrected chi connectivity index (χ0v) is 23.9. The van der Waals surface area contributed by atoms with Gasteiger partial charge in [0.1, 0.15) is 5.60 Å². The van der Waals surface area contributed by atoms with Crippen molar-refractivity contribution in [2.75, 3.05) is 7.11 Å². The van der Waals surface area contributed by atoms with Crippen LogP contribution in [0, 0.1) is 51.2 Å². The minimum absolute atomic E-state index is 0.00829. The maximum Gasteiger partial charge on any atom is 0.315 e. The van der Waals surface area contributed by atoms with Crippen LogP contribution in [0.2, 0.25) is 0 Å². The molecule has 4 aliphatic carbocycles. The molecule has 9 atom stereocenters. The molecular weight excluding hydrogens is 468 g/mol. The molecule has 206 valence electrons. The summed E-state index contributed by atoms with van der Waals surface area (Å²) in [4.78, 5) is 42.0. The largest absolute Gasteiger partial charge is 0.469 e. The number of Topliss-reactive ketones (excluding diaryl/α,β-unsaturated/α-hetero) is 1. The van der Waals surface area contributed by atoms with Crippen LogP contribution in [0.1, 0.15) is 106 Å². The molecule has 6 aliphatic rings. The highest BCUT2D eigenvalue weighted by Gasteiger charge is 2.77. The van der Waals surface area contributed by atoms with Gasteiger partial charge in [0.05, 0.1) is 18.9 Å². The molecule has 37 heavy (non-hydrogen) atoms. The lowest BCUT2D eigenvalue weighted by Gasteiger charge is -2.70. The Hall–Kier alpha value is -1.43. The van der Waals surface area contributed by atoms with Crippen LogP contribution in [0.25, 0.3) is 0 Å². The van der Waals surface area contributed by atoms with Crippen molar-refractivity contribution in [2.24, 2.45) is 51.2 Å². The minimum atomic E-state index is -1.24. The minimum Gasteiger partial charge on any atom is -0.469 e. The Labute approximate surface area is 221 Å². The Balaban J connectivity index is 1.47. The fourth-order valence-corrected chi connectivity index (χ4v) is 11.3. The van der Waals surface area contributed by atoms with Crippen molar-refractivity contribution < 1.29 is 28.6 Å². The fourth-order valence-electron chi connectivity index (χ4n) is 11.3. The third-order valence-electron chi connectivity index (χ3n) is 12.9. The summed E-state index contributed by atoms with van der Waals surface area (Å²) in [6, 6.07) is 0. The van der Waals surface area contributed by atoms with Crippen molar-refractivity contribution in [1.82, 2.24) is 0 Å². The SMILES string of the molecule is COC(=O)[C@H]1[C@@H]2CC[C@]34O[C@@]2(CC2C(C)(C)CCC[C@@]21C)OC(=O)[C@@H]3[C@@]1(C)CCCC(C)(C)C1CC4=O. The van der Waals surface area contributed by atoms with E-state index < -0.39 is 23.2 Å². The van der Waals surface area contributed by atoms with E-state index in [0.717, 1.165) is 38.5 Å². The lowest BCUT2D eigenvalue weighted by Crippen LogP contribution is -2.77. The van der Waals surface area contributed by atoms with Gasteiger partial charge in [-0.25, -0.2) is 0 Å². The van der Waals surface area contributed by atoms with Crippen LogP contribution >= 0.6 is 0 Å². The van der Waals surface area contributed by atoms with E-state index in [0.29, 0.717) is 25.7 Å². The van der Waals surface area contributed by atoms with Gasteiger partial charge in [-0.15, -0.1) is 0 Å². The van der Waals surface area contributed by atoms with E-state index in [2.05, 4.69) is 41.5 Å². The van der Waals surface area contributed by atoms with E-state index in [1.165, 1.54) is 7.11 Å². The van der Waals surface area contributed by atoms with Gasteiger partial charge in [-0.05, 0) is 72.0 Å². The number of fused-ring (bicyclic) bond motifs is 3. The van der Waals surface area contributed by atoms with E-state index in [9.17, 15) is 14.4 Å². The number of carbonyl (C=O) groups excluding carboxylic acids is 3. The number of ketones is 1. The quantitative estimate of drug-likeness (QED) is 0.408. The van der Waals surface area contributed by atoms with Crippen LogP contribution in [-0.4, -0.2) is 36.2 Å². The lowest BCUT2D eigenvalue weighted by molar-refractivity contribution is -0.397. The zero-order valence-electron chi connectivity index (χ0n) is 23.9. The van der Waals surface area contributed by atoms with E-state index in [4.69, 9.17) is 14.2 Å². The Bertz CT molecular complexity index is 1050. The summed E-state index contributed by atoms with van der Waals surface area (Å²) in [7, 11) is 1.46. The van der Waals surface area contributed by atoms with Crippen LogP contribution in [-0.2, 0) is 28.6 Å². The molecule has 6 nitrogen and oxygen atoms in total. The highest BCUT2D eigenvalue weighted by Crippen LogP contribution is 2.71. The number of esters is 2. The van der Waals surface area contributed by atoms with Gasteiger partial charge in [-0.3, -0.25) is 14.4 Å². The number of rotatable bonds is 1. The van der Waals surface area contributed by atoms with Gasteiger partial charge in [0, 0.05) is 18.8 Å². The number of carbonyl (C=O) groups is 3. The van der Waals surface area contributed by atoms with Crippen molar-refractivity contribution in [2.45, 2.75) is 117 Å². The summed E-state index contributed by atoms with van der Waals surface area (Å²) in [5.74, 6) is -2.72. The Morgan fingerprint density at radius 1 is 0.865 bits per heavy atom. The molecule has 0 amide bonds. The van der Waals surface area contributed by atoms with Crippen molar-refractivity contribution in [3.05, 3.63) is 0 Å². The molecule has 6 heteroatoms. The molecule has 2 heterocycles. The average Bonchev–Trinajstić information content (AvgIpc) is 2.79. The van der Waals surface area contributed by atoms with Crippen LogP contribution in [0.4, 0.5) is 0 Å². The number of hydrogen-bond acceptors (Lipinski definition) is 6. The Morgan fingerprint density at radius 3 is 2.14 bits per heavy atom. The lowest BCUT2D eigenvalue weighted by atomic mass is 9.41. The summed E-state index contributed by atoms with van der Waals surface area (Å²) in [6.45, 7) is 13.5. The summed E-state index contributed by atoms with van der Waals surface area (Å²) < 4.78 is 19.0. The molecule has 0 radical (unpaired) electrons. The molecule has 2 bridgehead atoms. The second-order valence-corrected chi connectivity index (χ2v) is 15.4. The van der Waals surface area contributed by atoms with E-state index in [1.807, 2.05) is 0 Å². The monoisotopic (exact) mass is 514 g/mol. The van der Waals surface area contributed by atoms with Crippen LogP contribution in [0.5, 0.6) is 0 Å². The Morgan fingerprint density at radius 2 is 1.49 bits per heavy atom. The number of methoxy groups -OCH3 is 1. The molecular formula is C31H46O6. The average molecular weight is 515 g/mol. The summed E-state index contributed by atoms with van der Waals surface area (Å²) >= 11 is 0. The predicted molar refractivity (Wildman–Crippen MR) is 137 cm³/mol. The van der Waals surface area contributed by atoms with Gasteiger partial charge in [0.15, 0.2) is 5.78 Å². The van der Waals surface area contributed by atoms with Gasteiger partial charge in [-0.1, -0.05) is 54.4 Å². The van der Waals surface area contributed by atoms with Crippen molar-refractivity contribution in [3.8, 4) is 0 Å². The molecule has 2 aliphatic heterocycles. The third-order valence-corrected chi connectivity index (χ3v) is 12.9. The second-order valence-electron chi connectivity index (χ2n) is 15.4. The topological polar surface area (TPSA) is 78.9 Å². The standard InChI is InChI=1S/C31H46O6/c1-26(2)11-9-14-29(6)19(26)16-21(32)30-15-10-18-22(24(33)35-7)28(5)13-8-12-27(3,4)20(28)17-31(18,37-30)36-25(34)23(29)30/h18-20,22-23H,8-17H2,1-7H3/t18-,19?,20?,22+,23+,28-,29-,30+,31+/m0/s1. The summed E-state index contributed by atoms with van der Waals surface area (Å²) in [5, 5.41) is 0. The highest BCUT2D eigenvalue weighted by molar-refractivity contribution is 5.96. The van der Waals surface area contributed by atoms with Gasteiger partial charge in [0.2, 0.25) is 5.79 Å². The molecule has 6 rings (SSSR count).